The number of nitrogens with zero attached hydrogens (tertiary/aromatic N) is 1. The van der Waals surface area contributed by atoms with Crippen molar-refractivity contribution in [2.75, 3.05) is 32.8 Å². The van der Waals surface area contributed by atoms with Crippen LogP contribution in [0.2, 0.25) is 0 Å². The highest BCUT2D eigenvalue weighted by Gasteiger charge is 2.27. The number of carboxylic acids is 2. The highest BCUT2D eigenvalue weighted by Crippen LogP contribution is 2.14. The molecule has 1 atom stereocenters. The Kier molecular flexibility index (Phi) is 17.7. The Morgan fingerprint density at radius 2 is 1.39 bits per heavy atom. The minimum Gasteiger partial charge on any atom is -0.550 e. The predicted molar refractivity (Wildman–Crippen MR) is 134 cm³/mol. The van der Waals surface area contributed by atoms with E-state index in [2.05, 4.69) is 79.0 Å². The van der Waals surface area contributed by atoms with Gasteiger partial charge in [-0.25, -0.2) is 0 Å². The van der Waals surface area contributed by atoms with E-state index < -0.39 is 30.2 Å². The number of carbonyl (C=O) groups excluding carboxylic acids is 2. The van der Waals surface area contributed by atoms with Crippen LogP contribution in [0.3, 0.4) is 0 Å². The molecule has 0 spiro atoms. The summed E-state index contributed by atoms with van der Waals surface area (Å²) in [5, 5.41) is 20.4. The number of terminal acetylenes is 1. The normalized spacial score (nSPS) is 9.92. The van der Waals surface area contributed by atoms with Crippen LogP contribution in [-0.4, -0.2) is 60.3 Å². The second kappa shape index (κ2) is 20.1. The Hall–Kier alpha value is -4.27. The van der Waals surface area contributed by atoms with E-state index in [1.165, 1.54) is 0 Å². The van der Waals surface area contributed by atoms with Crippen molar-refractivity contribution in [2.45, 2.75) is 52.4 Å². The summed E-state index contributed by atoms with van der Waals surface area (Å²) in [6.07, 6.45) is 8.18. The van der Waals surface area contributed by atoms with Crippen molar-refractivity contribution in [3.05, 3.63) is 0 Å². The maximum Gasteiger partial charge on any atom is 0.319 e. The Morgan fingerprint density at radius 3 is 1.86 bits per heavy atom. The van der Waals surface area contributed by atoms with E-state index in [-0.39, 0.29) is 13.0 Å². The monoisotopic (exact) mass is 489 g/mol. The lowest BCUT2D eigenvalue weighted by Crippen LogP contribution is -2.53. The minimum atomic E-state index is -1.28. The first-order valence-electron chi connectivity index (χ1n) is 11.7. The van der Waals surface area contributed by atoms with Crippen molar-refractivity contribution in [2.24, 2.45) is 5.92 Å². The average molecular weight is 490 g/mol. The van der Waals surface area contributed by atoms with Gasteiger partial charge in [0.1, 0.15) is 19.1 Å². The third-order valence-corrected chi connectivity index (χ3v) is 5.08. The quantitative estimate of drug-likeness (QED) is 0.208. The number of rotatable bonds is 15. The molecule has 0 fully saturated rings. The van der Waals surface area contributed by atoms with Crippen LogP contribution in [0.5, 0.6) is 0 Å². The summed E-state index contributed by atoms with van der Waals surface area (Å²) >= 11 is 0. The first kappa shape index (κ1) is 31.7. The van der Waals surface area contributed by atoms with Crippen LogP contribution >= 0.6 is 0 Å². The van der Waals surface area contributed by atoms with E-state index in [0.717, 1.165) is 38.8 Å². The fraction of sp³-hybridized carbons (Fsp3) is 0.483. The molecule has 0 aliphatic heterocycles. The standard InChI is InChI=1S/C29H31NO6/c1-4-7-10-11-12-13-14-15-16-17-18-26(29(34)35)25-28(33)36-24-23-30(20-8-5-2,21-9-6-3)22-19-27(31)32/h1,26H,5-6,8-9,19-25H2,2-3H3,(H-,31,32,34,35). The van der Waals surface area contributed by atoms with Crippen LogP contribution in [0.4, 0.5) is 0 Å². The zero-order chi connectivity index (χ0) is 27.1. The maximum absolute atomic E-state index is 12.3. The van der Waals surface area contributed by atoms with Gasteiger partial charge >= 0.3 is 11.9 Å². The van der Waals surface area contributed by atoms with Crippen molar-refractivity contribution >= 4 is 17.9 Å². The molecule has 0 saturated carbocycles. The summed E-state index contributed by atoms with van der Waals surface area (Å²) in [6.45, 7) is 6.57. The van der Waals surface area contributed by atoms with Gasteiger partial charge in [0.2, 0.25) is 0 Å². The van der Waals surface area contributed by atoms with Gasteiger partial charge in [-0.3, -0.25) is 9.59 Å². The molecule has 7 nitrogen and oxygen atoms in total. The van der Waals surface area contributed by atoms with Crippen LogP contribution in [0.25, 0.3) is 0 Å². The van der Waals surface area contributed by atoms with Gasteiger partial charge in [0.05, 0.1) is 26.1 Å². The lowest BCUT2D eigenvalue weighted by molar-refractivity contribution is -0.928. The summed E-state index contributed by atoms with van der Waals surface area (Å²) in [4.78, 5) is 34.8. The SMILES string of the molecule is C#CC#CC#CC#CC#CC#CC(CC(=O)OCC[N+](CCCC)(CCCC)CCC(=O)[O-])C(=O)O. The van der Waals surface area contributed by atoms with Gasteiger partial charge in [-0.1, -0.05) is 32.6 Å². The van der Waals surface area contributed by atoms with Crippen LogP contribution in [0.15, 0.2) is 0 Å². The maximum atomic E-state index is 12.3. The van der Waals surface area contributed by atoms with E-state index >= 15 is 0 Å². The number of carboxylic acid groups (broad SMARTS) is 2. The largest absolute Gasteiger partial charge is 0.550 e. The summed E-state index contributed by atoms with van der Waals surface area (Å²) in [5.74, 6) is 21.6. The van der Waals surface area contributed by atoms with Crippen molar-refractivity contribution < 1.29 is 33.8 Å². The highest BCUT2D eigenvalue weighted by molar-refractivity contribution is 5.81. The van der Waals surface area contributed by atoms with Gasteiger partial charge in [-0.05, 0) is 72.0 Å². The van der Waals surface area contributed by atoms with E-state index in [0.29, 0.717) is 17.6 Å². The van der Waals surface area contributed by atoms with Gasteiger partial charge in [0.15, 0.2) is 0 Å². The first-order valence-corrected chi connectivity index (χ1v) is 11.7. The molecule has 0 aromatic rings. The molecule has 0 rings (SSSR count). The van der Waals surface area contributed by atoms with Crippen LogP contribution in [0, 0.1) is 77.5 Å². The molecule has 1 unspecified atom stereocenters. The molecule has 7 heteroatoms. The van der Waals surface area contributed by atoms with Crippen LogP contribution in [0.1, 0.15) is 52.4 Å². The molecule has 0 amide bonds. The molecular weight excluding hydrogens is 458 g/mol. The molecule has 1 N–H and O–H groups in total. The first-order chi connectivity index (χ1) is 17.3. The molecule has 0 aromatic heterocycles. The summed E-state index contributed by atoms with van der Waals surface area (Å²) in [7, 11) is 0. The van der Waals surface area contributed by atoms with E-state index in [1.807, 2.05) is 0 Å². The number of carbonyl (C=O) groups is 3. The Bertz CT molecular complexity index is 1100. The number of esters is 1. The van der Waals surface area contributed by atoms with E-state index in [4.69, 9.17) is 11.2 Å². The van der Waals surface area contributed by atoms with Crippen molar-refractivity contribution in [1.82, 2.24) is 0 Å². The van der Waals surface area contributed by atoms with Crippen molar-refractivity contribution in [1.29, 1.82) is 0 Å². The predicted octanol–water partition coefficient (Wildman–Crippen LogP) is 0.828. The van der Waals surface area contributed by atoms with E-state index in [9.17, 15) is 24.6 Å². The number of hydrogen-bond donors (Lipinski definition) is 1. The molecule has 188 valence electrons. The molecule has 0 saturated heterocycles. The van der Waals surface area contributed by atoms with Gasteiger partial charge in [0.25, 0.3) is 0 Å². The molecule has 0 aliphatic rings. The van der Waals surface area contributed by atoms with E-state index in [1.54, 1.807) is 0 Å². The second-order valence-electron chi connectivity index (χ2n) is 7.79. The number of unbranched alkanes of at least 4 members (excludes halogenated alkanes) is 2. The molecule has 0 bridgehead atoms. The number of ether oxygens (including phenoxy) is 1. The zero-order valence-corrected chi connectivity index (χ0v) is 20.9. The number of aliphatic carboxylic acids is 2. The lowest BCUT2D eigenvalue weighted by Gasteiger charge is -2.39. The second-order valence-corrected chi connectivity index (χ2v) is 7.79. The smallest absolute Gasteiger partial charge is 0.319 e. The van der Waals surface area contributed by atoms with Gasteiger partial charge in [-0.15, -0.1) is 6.42 Å². The zero-order valence-electron chi connectivity index (χ0n) is 20.9. The third-order valence-electron chi connectivity index (χ3n) is 5.08. The number of hydrogen-bond acceptors (Lipinski definition) is 5. The van der Waals surface area contributed by atoms with Crippen LogP contribution < -0.4 is 5.11 Å². The highest BCUT2D eigenvalue weighted by atomic mass is 16.5. The Labute approximate surface area is 214 Å². The summed E-state index contributed by atoms with van der Waals surface area (Å²) < 4.78 is 5.82. The van der Waals surface area contributed by atoms with Gasteiger partial charge in [0, 0.05) is 12.4 Å². The fourth-order valence-corrected chi connectivity index (χ4v) is 3.14. The van der Waals surface area contributed by atoms with Crippen LogP contribution in [-0.2, 0) is 19.1 Å². The number of quaternary nitrogens is 1. The Balaban J connectivity index is 5.07. The summed E-state index contributed by atoms with van der Waals surface area (Å²) in [6, 6.07) is 0. The fourth-order valence-electron chi connectivity index (χ4n) is 3.14. The van der Waals surface area contributed by atoms with Gasteiger partial charge in [-0.2, -0.15) is 0 Å². The molecule has 0 radical (unpaired) electrons. The summed E-state index contributed by atoms with van der Waals surface area (Å²) in [5.41, 5.74) is 0. The minimum absolute atomic E-state index is 0.0568. The topological polar surface area (TPSA) is 104 Å². The lowest BCUT2D eigenvalue weighted by atomic mass is 10.1. The van der Waals surface area contributed by atoms with Crippen molar-refractivity contribution in [3.8, 4) is 71.5 Å². The molecule has 0 heterocycles. The third kappa shape index (κ3) is 16.4. The van der Waals surface area contributed by atoms with Crippen molar-refractivity contribution in [3.63, 3.8) is 0 Å². The molecule has 36 heavy (non-hydrogen) atoms. The average Bonchev–Trinajstić information content (AvgIpc) is 2.84. The van der Waals surface area contributed by atoms with Gasteiger partial charge < -0.3 is 24.2 Å². The molecule has 0 aromatic carbocycles. The molecular formula is C29H31NO6. The Morgan fingerprint density at radius 1 is 0.861 bits per heavy atom. The molecule has 0 aliphatic carbocycles.